The van der Waals surface area contributed by atoms with Crippen LogP contribution in [0.1, 0.15) is 33.5 Å². The van der Waals surface area contributed by atoms with Crippen molar-refractivity contribution in [3.8, 4) is 5.88 Å². The summed E-state index contributed by atoms with van der Waals surface area (Å²) in [5.74, 6) is -0.530. The molecular formula is C17H17N5O5S. The zero-order valence-electron chi connectivity index (χ0n) is 15.3. The molecule has 0 atom stereocenters. The Morgan fingerprint density at radius 1 is 1.32 bits per heavy atom. The van der Waals surface area contributed by atoms with Gasteiger partial charge in [0.15, 0.2) is 5.69 Å². The van der Waals surface area contributed by atoms with Gasteiger partial charge in [-0.2, -0.15) is 9.36 Å². The summed E-state index contributed by atoms with van der Waals surface area (Å²) < 4.78 is 19.3. The topological polar surface area (TPSA) is 128 Å². The summed E-state index contributed by atoms with van der Waals surface area (Å²) in [7, 11) is 1.51. The second kappa shape index (κ2) is 8.48. The largest absolute Gasteiger partial charge is 0.481 e. The number of pyridine rings is 1. The molecule has 0 aromatic carbocycles. The Balaban J connectivity index is 1.75. The van der Waals surface area contributed by atoms with Crippen LogP contribution in [0.2, 0.25) is 0 Å². The predicted molar refractivity (Wildman–Crippen MR) is 101 cm³/mol. The fourth-order valence-corrected chi connectivity index (χ4v) is 3.00. The van der Waals surface area contributed by atoms with E-state index in [1.807, 2.05) is 0 Å². The van der Waals surface area contributed by atoms with Crippen LogP contribution in [-0.4, -0.2) is 39.9 Å². The number of hydrogen-bond donors (Lipinski definition) is 2. The van der Waals surface area contributed by atoms with E-state index < -0.39 is 5.97 Å². The lowest BCUT2D eigenvalue weighted by Crippen LogP contribution is -2.14. The van der Waals surface area contributed by atoms with Crippen LogP contribution in [0.15, 0.2) is 29.0 Å². The fraction of sp³-hybridized carbons (Fsp3) is 0.235. The van der Waals surface area contributed by atoms with Gasteiger partial charge in [0.05, 0.1) is 36.9 Å². The Hall–Kier alpha value is -3.47. The maximum absolute atomic E-state index is 12.7. The van der Waals surface area contributed by atoms with Crippen LogP contribution >= 0.6 is 11.5 Å². The number of oxazole rings is 1. The van der Waals surface area contributed by atoms with Gasteiger partial charge in [-0.1, -0.05) is 0 Å². The van der Waals surface area contributed by atoms with Gasteiger partial charge in [0.1, 0.15) is 11.3 Å². The molecule has 3 aromatic heterocycles. The van der Waals surface area contributed by atoms with Crippen LogP contribution in [0.3, 0.4) is 0 Å². The van der Waals surface area contributed by atoms with Gasteiger partial charge in [-0.05, 0) is 31.4 Å². The van der Waals surface area contributed by atoms with Gasteiger partial charge in [0.25, 0.3) is 5.91 Å². The number of aryl methyl sites for hydroxylation is 1. The van der Waals surface area contributed by atoms with Crippen LogP contribution < -0.4 is 15.4 Å². The molecule has 3 aromatic rings. The smallest absolute Gasteiger partial charge is 0.360 e. The molecule has 2 N–H and O–H groups in total. The molecule has 0 aliphatic heterocycles. The monoisotopic (exact) mass is 403 g/mol. The van der Waals surface area contributed by atoms with Crippen LogP contribution in [0.25, 0.3) is 0 Å². The van der Waals surface area contributed by atoms with Gasteiger partial charge in [0, 0.05) is 6.07 Å². The molecule has 3 heterocycles. The Bertz CT molecular complexity index is 982. The highest BCUT2D eigenvalue weighted by atomic mass is 32.1. The lowest BCUT2D eigenvalue weighted by Gasteiger charge is -2.07. The molecule has 0 saturated carbocycles. The average molecular weight is 403 g/mol. The van der Waals surface area contributed by atoms with Gasteiger partial charge in [-0.15, -0.1) is 0 Å². The van der Waals surface area contributed by atoms with E-state index in [-0.39, 0.29) is 24.2 Å². The summed E-state index contributed by atoms with van der Waals surface area (Å²) in [4.78, 5) is 32.4. The minimum atomic E-state index is -0.593. The van der Waals surface area contributed by atoms with Crippen molar-refractivity contribution >= 4 is 40.1 Å². The summed E-state index contributed by atoms with van der Waals surface area (Å²) in [6.45, 7) is 3.63. The molecular weight excluding hydrogens is 386 g/mol. The molecule has 0 fully saturated rings. The standard InChI is InChI=1S/C17H17N5O5S/c1-4-26-16(24)11-8-27-17(20-11)21-15-13(9(2)22-28-15)14(23)19-10-5-6-12(25-3)18-7-10/h5-8H,4H2,1-3H3,(H,19,23)(H,20,21). The van der Waals surface area contributed by atoms with Crippen LogP contribution in [0.5, 0.6) is 5.88 Å². The highest BCUT2D eigenvalue weighted by Gasteiger charge is 2.21. The molecule has 3 rings (SSSR count). The van der Waals surface area contributed by atoms with Crippen LogP contribution in [-0.2, 0) is 4.74 Å². The van der Waals surface area contributed by atoms with E-state index in [4.69, 9.17) is 13.9 Å². The van der Waals surface area contributed by atoms with Crippen LogP contribution in [0, 0.1) is 6.92 Å². The molecule has 0 aliphatic carbocycles. The zero-order valence-corrected chi connectivity index (χ0v) is 16.1. The summed E-state index contributed by atoms with van der Waals surface area (Å²) in [5, 5.41) is 6.04. The molecule has 11 heteroatoms. The van der Waals surface area contributed by atoms with Gasteiger partial charge in [-0.3, -0.25) is 10.1 Å². The first-order valence-electron chi connectivity index (χ1n) is 8.19. The molecule has 28 heavy (non-hydrogen) atoms. The second-order valence-corrected chi connectivity index (χ2v) is 6.17. The highest BCUT2D eigenvalue weighted by Crippen LogP contribution is 2.28. The number of esters is 1. The molecule has 0 aliphatic rings. The number of hydrogen-bond acceptors (Lipinski definition) is 10. The Morgan fingerprint density at radius 3 is 2.82 bits per heavy atom. The van der Waals surface area contributed by atoms with Crippen molar-refractivity contribution in [3.63, 3.8) is 0 Å². The molecule has 0 radical (unpaired) electrons. The summed E-state index contributed by atoms with van der Waals surface area (Å²) in [6.07, 6.45) is 2.66. The third-order valence-electron chi connectivity index (χ3n) is 3.50. The van der Waals surface area contributed by atoms with E-state index in [0.29, 0.717) is 27.8 Å². The first kappa shape index (κ1) is 19.3. The number of anilines is 3. The van der Waals surface area contributed by atoms with E-state index in [0.717, 1.165) is 11.5 Å². The summed E-state index contributed by atoms with van der Waals surface area (Å²) in [6, 6.07) is 3.36. The van der Waals surface area contributed by atoms with Gasteiger partial charge >= 0.3 is 12.0 Å². The first-order chi connectivity index (χ1) is 13.5. The first-order valence-corrected chi connectivity index (χ1v) is 8.96. The maximum atomic E-state index is 12.7. The average Bonchev–Trinajstić information content (AvgIpc) is 3.30. The van der Waals surface area contributed by atoms with Gasteiger partial charge in [-0.25, -0.2) is 9.78 Å². The Morgan fingerprint density at radius 2 is 2.14 bits per heavy atom. The number of carbonyl (C=O) groups excluding carboxylic acids is 2. The van der Waals surface area contributed by atoms with E-state index >= 15 is 0 Å². The molecule has 10 nitrogen and oxygen atoms in total. The van der Waals surface area contributed by atoms with E-state index in [9.17, 15) is 9.59 Å². The highest BCUT2D eigenvalue weighted by molar-refractivity contribution is 7.10. The number of aromatic nitrogens is 3. The fourth-order valence-electron chi connectivity index (χ4n) is 2.22. The number of rotatable bonds is 7. The van der Waals surface area contributed by atoms with E-state index in [1.165, 1.54) is 19.6 Å². The van der Waals surface area contributed by atoms with Gasteiger partial charge in [0.2, 0.25) is 5.88 Å². The van der Waals surface area contributed by atoms with Crippen molar-refractivity contribution in [2.75, 3.05) is 24.4 Å². The molecule has 1 amide bonds. The number of ether oxygens (including phenoxy) is 2. The Labute approximate surface area is 164 Å². The normalized spacial score (nSPS) is 10.4. The lowest BCUT2D eigenvalue weighted by atomic mass is 10.2. The number of nitrogens with zero attached hydrogens (tertiary/aromatic N) is 3. The molecule has 0 bridgehead atoms. The number of nitrogens with one attached hydrogen (secondary N) is 2. The SMILES string of the molecule is CCOC(=O)c1coc(Nc2snc(C)c2C(=O)Nc2ccc(OC)nc2)n1. The van der Waals surface area contributed by atoms with Crippen molar-refractivity contribution in [2.45, 2.75) is 13.8 Å². The summed E-state index contributed by atoms with van der Waals surface area (Å²) >= 11 is 1.07. The molecule has 146 valence electrons. The van der Waals surface area contributed by atoms with Crippen molar-refractivity contribution in [1.82, 2.24) is 14.3 Å². The maximum Gasteiger partial charge on any atom is 0.360 e. The van der Waals surface area contributed by atoms with Crippen molar-refractivity contribution in [2.24, 2.45) is 0 Å². The predicted octanol–water partition coefficient (Wildman–Crippen LogP) is 3.02. The third kappa shape index (κ3) is 4.26. The van der Waals surface area contributed by atoms with Crippen LogP contribution in [0.4, 0.5) is 16.7 Å². The quantitative estimate of drug-likeness (QED) is 0.572. The molecule has 0 unspecified atom stereocenters. The van der Waals surface area contributed by atoms with Crippen molar-refractivity contribution < 1.29 is 23.5 Å². The van der Waals surface area contributed by atoms with Gasteiger partial charge < -0.3 is 19.2 Å². The Kier molecular flexibility index (Phi) is 5.84. The number of methoxy groups -OCH3 is 1. The van der Waals surface area contributed by atoms with E-state index in [2.05, 4.69) is 25.0 Å². The number of carbonyl (C=O) groups is 2. The minimum absolute atomic E-state index is 0.0286. The van der Waals surface area contributed by atoms with E-state index in [1.54, 1.807) is 26.0 Å². The second-order valence-electron chi connectivity index (χ2n) is 5.40. The zero-order chi connectivity index (χ0) is 20.1. The van der Waals surface area contributed by atoms with Crippen molar-refractivity contribution in [1.29, 1.82) is 0 Å². The lowest BCUT2D eigenvalue weighted by molar-refractivity contribution is 0.0519. The molecule has 0 spiro atoms. The minimum Gasteiger partial charge on any atom is -0.481 e. The van der Waals surface area contributed by atoms with Crippen molar-refractivity contribution in [3.05, 3.63) is 41.5 Å². The molecule has 0 saturated heterocycles. The number of amides is 1. The summed E-state index contributed by atoms with van der Waals surface area (Å²) in [5.41, 5.74) is 1.39. The third-order valence-corrected chi connectivity index (χ3v) is 4.36.